The highest BCUT2D eigenvalue weighted by molar-refractivity contribution is 7.99. The zero-order chi connectivity index (χ0) is 37.9. The van der Waals surface area contributed by atoms with Gasteiger partial charge in [-0.05, 0) is 91.9 Å². The molecule has 0 bridgehead atoms. The molecule has 0 aliphatic carbocycles. The second kappa shape index (κ2) is 15.3. The van der Waals surface area contributed by atoms with E-state index in [9.17, 15) is 14.4 Å². The number of carbonyl (C=O) groups excluding carboxylic acids is 2. The summed E-state index contributed by atoms with van der Waals surface area (Å²) in [6, 6.07) is 31.4. The third-order valence-corrected chi connectivity index (χ3v) is 9.55. The van der Waals surface area contributed by atoms with E-state index < -0.39 is 5.97 Å². The van der Waals surface area contributed by atoms with Crippen molar-refractivity contribution in [3.05, 3.63) is 142 Å². The number of hydrogen-bond acceptors (Lipinski definition) is 11. The molecular weight excluding hydrogens is 744 g/mol. The number of fused-ring (bicyclic) bond motifs is 3. The first-order chi connectivity index (χ1) is 26.9. The molecule has 0 radical (unpaired) electrons. The van der Waals surface area contributed by atoms with Gasteiger partial charge < -0.3 is 19.2 Å². The Morgan fingerprint density at radius 2 is 1.67 bits per heavy atom. The van der Waals surface area contributed by atoms with Crippen molar-refractivity contribution in [3.8, 4) is 28.7 Å². The first-order valence-corrected chi connectivity index (χ1v) is 18.3. The van der Waals surface area contributed by atoms with E-state index >= 15 is 0 Å². The van der Waals surface area contributed by atoms with Gasteiger partial charge in [0.15, 0.2) is 23.3 Å². The molecule has 14 nitrogen and oxygen atoms in total. The van der Waals surface area contributed by atoms with Crippen LogP contribution >= 0.6 is 23.4 Å². The predicted octanol–water partition coefficient (Wildman–Crippen LogP) is 7.01. The number of ether oxygens (including phenoxy) is 2. The highest BCUT2D eigenvalue weighted by Crippen LogP contribution is 2.29. The number of anilines is 1. The fourth-order valence-electron chi connectivity index (χ4n) is 5.97. The number of rotatable bonds is 12. The second-order valence-corrected chi connectivity index (χ2v) is 13.3. The van der Waals surface area contributed by atoms with Crippen molar-refractivity contribution in [1.82, 2.24) is 33.9 Å². The molecule has 0 aliphatic heterocycles. The molecule has 0 saturated heterocycles. The van der Waals surface area contributed by atoms with E-state index in [1.165, 1.54) is 22.4 Å². The molecule has 0 saturated carbocycles. The SMILES string of the molecule is CCOc1ccc(-n2c(=O)c3ccc(Cl)cc3n3c(COC(=O)c4cccc(NC(=O)CSc5nnc(-c6ccco6)n5-c5ccccc5)c4)nnc23)cc1. The minimum Gasteiger partial charge on any atom is -0.494 e. The molecule has 4 aromatic carbocycles. The van der Waals surface area contributed by atoms with Crippen molar-refractivity contribution in [1.29, 1.82) is 0 Å². The Balaban J connectivity index is 0.986. The fraction of sp³-hybridized carbons (Fsp3) is 0.103. The molecule has 4 aromatic heterocycles. The van der Waals surface area contributed by atoms with E-state index in [4.69, 9.17) is 25.5 Å². The lowest BCUT2D eigenvalue weighted by molar-refractivity contribution is -0.113. The maximum atomic E-state index is 13.7. The molecule has 8 rings (SSSR count). The van der Waals surface area contributed by atoms with Gasteiger partial charge >= 0.3 is 5.97 Å². The normalized spacial score (nSPS) is 11.2. The van der Waals surface area contributed by atoms with E-state index in [1.807, 2.05) is 41.8 Å². The van der Waals surface area contributed by atoms with Gasteiger partial charge in [-0.2, -0.15) is 0 Å². The molecule has 16 heteroatoms. The average Bonchev–Trinajstić information content (AvgIpc) is 3.98. The summed E-state index contributed by atoms with van der Waals surface area (Å²) in [5.41, 5.74) is 2.08. The zero-order valence-corrected chi connectivity index (χ0v) is 30.5. The summed E-state index contributed by atoms with van der Waals surface area (Å²) in [7, 11) is 0. The Kier molecular flexibility index (Phi) is 9.85. The van der Waals surface area contributed by atoms with Crippen LogP contribution in [0.5, 0.6) is 5.75 Å². The van der Waals surface area contributed by atoms with Crippen molar-refractivity contribution in [3.63, 3.8) is 0 Å². The number of hydrogen-bond donors (Lipinski definition) is 1. The van der Waals surface area contributed by atoms with Crippen LogP contribution in [0.4, 0.5) is 5.69 Å². The van der Waals surface area contributed by atoms with Crippen molar-refractivity contribution in [2.45, 2.75) is 18.7 Å². The number of thioether (sulfide) groups is 1. The molecule has 8 aromatic rings. The molecular formula is C39H29ClN8O6S. The monoisotopic (exact) mass is 772 g/mol. The van der Waals surface area contributed by atoms with E-state index in [-0.39, 0.29) is 41.0 Å². The molecule has 55 heavy (non-hydrogen) atoms. The summed E-state index contributed by atoms with van der Waals surface area (Å²) in [6.45, 7) is 2.11. The quantitative estimate of drug-likeness (QED) is 0.100. The highest BCUT2D eigenvalue weighted by atomic mass is 35.5. The smallest absolute Gasteiger partial charge is 0.338 e. The Bertz CT molecular complexity index is 2730. The third kappa shape index (κ3) is 7.17. The molecule has 0 atom stereocenters. The highest BCUT2D eigenvalue weighted by Gasteiger charge is 2.21. The summed E-state index contributed by atoms with van der Waals surface area (Å²) in [4.78, 5) is 40.2. The van der Waals surface area contributed by atoms with Crippen molar-refractivity contribution in [2.24, 2.45) is 0 Å². The number of para-hydroxylation sites is 1. The number of halogens is 1. The summed E-state index contributed by atoms with van der Waals surface area (Å²) in [6.07, 6.45) is 1.56. The topological polar surface area (TPSA) is 161 Å². The van der Waals surface area contributed by atoms with Gasteiger partial charge in [-0.3, -0.25) is 18.6 Å². The van der Waals surface area contributed by atoms with Gasteiger partial charge in [0.05, 0.1) is 40.8 Å². The number of furan rings is 1. The standard InChI is InChI=1S/C39H29ClN8O6S/c1-2-52-29-16-14-28(15-17-29)47-36(50)30-18-13-25(40)21-31(30)48-33(42-44-38(47)48)22-54-37(51)24-8-6-9-26(20-24)41-34(49)23-55-39-45-43-35(32-12-7-19-53-32)46(39)27-10-4-3-5-11-27/h3-21H,2,22-23H2,1H3,(H,41,49). The fourth-order valence-corrected chi connectivity index (χ4v) is 6.89. The second-order valence-electron chi connectivity index (χ2n) is 11.9. The minimum absolute atomic E-state index is 0.0114. The Morgan fingerprint density at radius 3 is 2.45 bits per heavy atom. The Hall–Kier alpha value is -6.71. The number of benzene rings is 4. The summed E-state index contributed by atoms with van der Waals surface area (Å²) in [5.74, 6) is 1.19. The van der Waals surface area contributed by atoms with Crippen LogP contribution in [0, 0.1) is 0 Å². The summed E-state index contributed by atoms with van der Waals surface area (Å²) in [5, 5.41) is 21.3. The lowest BCUT2D eigenvalue weighted by Crippen LogP contribution is -2.22. The van der Waals surface area contributed by atoms with Crippen LogP contribution in [0.1, 0.15) is 23.1 Å². The number of nitrogens with zero attached hydrogens (tertiary/aromatic N) is 7. The van der Waals surface area contributed by atoms with E-state index in [0.717, 1.165) is 5.69 Å². The van der Waals surface area contributed by atoms with Crippen LogP contribution in [-0.4, -0.2) is 58.2 Å². The Morgan fingerprint density at radius 1 is 0.855 bits per heavy atom. The molecule has 4 heterocycles. The maximum Gasteiger partial charge on any atom is 0.338 e. The molecule has 0 aliphatic rings. The first-order valence-electron chi connectivity index (χ1n) is 16.9. The largest absolute Gasteiger partial charge is 0.494 e. The van der Waals surface area contributed by atoms with Gasteiger partial charge in [0.2, 0.25) is 17.5 Å². The van der Waals surface area contributed by atoms with Crippen LogP contribution in [0.15, 0.2) is 130 Å². The molecule has 1 amide bonds. The van der Waals surface area contributed by atoms with Gasteiger partial charge in [-0.15, -0.1) is 20.4 Å². The molecule has 0 fully saturated rings. The van der Waals surface area contributed by atoms with Crippen LogP contribution in [0.25, 0.3) is 39.6 Å². The zero-order valence-electron chi connectivity index (χ0n) is 29.0. The first kappa shape index (κ1) is 35.3. The number of amides is 1. The van der Waals surface area contributed by atoms with Gasteiger partial charge in [0.25, 0.3) is 5.56 Å². The lowest BCUT2D eigenvalue weighted by atomic mass is 10.2. The summed E-state index contributed by atoms with van der Waals surface area (Å²) >= 11 is 7.56. The van der Waals surface area contributed by atoms with Gasteiger partial charge in [0.1, 0.15) is 5.75 Å². The van der Waals surface area contributed by atoms with Crippen LogP contribution in [-0.2, 0) is 16.1 Å². The van der Waals surface area contributed by atoms with Gasteiger partial charge in [0, 0.05) is 16.4 Å². The van der Waals surface area contributed by atoms with E-state index in [1.54, 1.807) is 83.5 Å². The predicted molar refractivity (Wildman–Crippen MR) is 206 cm³/mol. The van der Waals surface area contributed by atoms with Crippen LogP contribution in [0.3, 0.4) is 0 Å². The maximum absolute atomic E-state index is 13.7. The Labute approximate surface area is 321 Å². The number of nitrogens with one attached hydrogen (secondary N) is 1. The number of esters is 1. The number of carbonyl (C=O) groups is 2. The summed E-state index contributed by atoms with van der Waals surface area (Å²) < 4.78 is 21.7. The number of aromatic nitrogens is 7. The molecule has 1 N–H and O–H groups in total. The van der Waals surface area contributed by atoms with Crippen molar-refractivity contribution >= 4 is 57.6 Å². The van der Waals surface area contributed by atoms with Gasteiger partial charge in [-0.1, -0.05) is 47.6 Å². The van der Waals surface area contributed by atoms with E-state index in [2.05, 4.69) is 25.7 Å². The van der Waals surface area contributed by atoms with Crippen molar-refractivity contribution < 1.29 is 23.5 Å². The van der Waals surface area contributed by atoms with Gasteiger partial charge in [-0.25, -0.2) is 9.36 Å². The molecule has 274 valence electrons. The van der Waals surface area contributed by atoms with Crippen molar-refractivity contribution in [2.75, 3.05) is 17.7 Å². The lowest BCUT2D eigenvalue weighted by Gasteiger charge is -2.13. The van der Waals surface area contributed by atoms with E-state index in [0.29, 0.717) is 56.4 Å². The molecule has 0 unspecified atom stereocenters. The van der Waals surface area contributed by atoms with Crippen LogP contribution < -0.4 is 15.6 Å². The molecule has 0 spiro atoms. The van der Waals surface area contributed by atoms with Crippen LogP contribution in [0.2, 0.25) is 5.02 Å². The third-order valence-electron chi connectivity index (χ3n) is 8.39. The minimum atomic E-state index is -0.661. The average molecular weight is 773 g/mol.